The minimum atomic E-state index is 0. The van der Waals surface area contributed by atoms with Gasteiger partial charge in [-0.05, 0) is 46.1 Å². The lowest BCUT2D eigenvalue weighted by Gasteiger charge is -2.38. The van der Waals surface area contributed by atoms with E-state index in [0.29, 0.717) is 25.2 Å². The lowest BCUT2D eigenvalue weighted by molar-refractivity contribution is 0.134. The van der Waals surface area contributed by atoms with E-state index >= 15 is 0 Å². The Labute approximate surface area is 216 Å². The number of piperidine rings is 1. The Balaban J connectivity index is 0.00000385. The molecular formula is C25H41IN6O. The van der Waals surface area contributed by atoms with E-state index in [2.05, 4.69) is 78.7 Å². The molecule has 7 nitrogen and oxygen atoms in total. The van der Waals surface area contributed by atoms with Crippen LogP contribution in [0.4, 0.5) is 0 Å². The maximum Gasteiger partial charge on any atom is 0.191 e. The highest BCUT2D eigenvalue weighted by molar-refractivity contribution is 14.0. The predicted octanol–water partition coefficient (Wildman–Crippen LogP) is 3.87. The number of nitrogens with one attached hydrogen (secondary N) is 2. The molecule has 1 aliphatic rings. The first-order valence-corrected chi connectivity index (χ1v) is 11.9. The normalized spacial score (nSPS) is 19.2. The van der Waals surface area contributed by atoms with E-state index in [0.717, 1.165) is 50.7 Å². The van der Waals surface area contributed by atoms with Gasteiger partial charge in [0.25, 0.3) is 0 Å². The number of aromatic nitrogens is 2. The topological polar surface area (TPSA) is 66.7 Å². The van der Waals surface area contributed by atoms with Gasteiger partial charge in [0.05, 0.1) is 25.4 Å². The van der Waals surface area contributed by atoms with Gasteiger partial charge in [-0.15, -0.1) is 24.0 Å². The van der Waals surface area contributed by atoms with Crippen molar-refractivity contribution in [3.05, 3.63) is 52.8 Å². The summed E-state index contributed by atoms with van der Waals surface area (Å²) in [5.41, 5.74) is 4.80. The zero-order valence-corrected chi connectivity index (χ0v) is 23.1. The molecule has 8 heteroatoms. The Hall–Kier alpha value is -1.65. The fourth-order valence-electron chi connectivity index (χ4n) is 4.43. The molecule has 33 heavy (non-hydrogen) atoms. The fourth-order valence-corrected chi connectivity index (χ4v) is 4.43. The van der Waals surface area contributed by atoms with Gasteiger partial charge in [-0.25, -0.2) is 4.99 Å². The fraction of sp³-hybridized carbons (Fsp3) is 0.600. The van der Waals surface area contributed by atoms with E-state index in [1.165, 1.54) is 16.8 Å². The lowest BCUT2D eigenvalue weighted by atomic mass is 9.97. The molecule has 2 heterocycles. The second-order valence-corrected chi connectivity index (χ2v) is 8.73. The molecule has 0 amide bonds. The number of nitrogens with zero attached hydrogens (tertiary/aromatic N) is 4. The average molecular weight is 569 g/mol. The number of methoxy groups -OCH3 is 1. The first-order valence-electron chi connectivity index (χ1n) is 11.9. The Kier molecular flexibility index (Phi) is 11.6. The summed E-state index contributed by atoms with van der Waals surface area (Å²) >= 11 is 0. The predicted molar refractivity (Wildman–Crippen MR) is 146 cm³/mol. The van der Waals surface area contributed by atoms with Crippen LogP contribution in [-0.4, -0.2) is 59.5 Å². The largest absolute Gasteiger partial charge is 0.383 e. The zero-order chi connectivity index (χ0) is 22.9. The quantitative estimate of drug-likeness (QED) is 0.273. The minimum Gasteiger partial charge on any atom is -0.383 e. The van der Waals surface area contributed by atoms with Crippen LogP contribution in [0.1, 0.15) is 49.2 Å². The van der Waals surface area contributed by atoms with Crippen molar-refractivity contribution in [3.8, 4) is 0 Å². The monoisotopic (exact) mass is 568 g/mol. The van der Waals surface area contributed by atoms with E-state index in [-0.39, 0.29) is 24.0 Å². The van der Waals surface area contributed by atoms with Crippen LogP contribution in [0.2, 0.25) is 0 Å². The molecule has 2 N–H and O–H groups in total. The van der Waals surface area contributed by atoms with Gasteiger partial charge in [-0.2, -0.15) is 5.10 Å². The van der Waals surface area contributed by atoms with Crippen LogP contribution in [0.3, 0.4) is 0 Å². The number of guanidine groups is 1. The summed E-state index contributed by atoms with van der Waals surface area (Å²) in [5.74, 6) is 0.893. The SMILES string of the molecule is CCNC(=NCc1c(C)nn(CCOC)c1C)NC1CCN(Cc2ccccc2)C(C)C1.I. The Morgan fingerprint density at radius 3 is 2.67 bits per heavy atom. The van der Waals surface area contributed by atoms with Crippen molar-refractivity contribution in [1.82, 2.24) is 25.3 Å². The van der Waals surface area contributed by atoms with Crippen LogP contribution < -0.4 is 10.6 Å². The Morgan fingerprint density at radius 1 is 1.24 bits per heavy atom. The van der Waals surface area contributed by atoms with Crippen molar-refractivity contribution in [3.63, 3.8) is 0 Å². The number of aryl methyl sites for hydroxylation is 1. The number of hydrogen-bond donors (Lipinski definition) is 2. The van der Waals surface area contributed by atoms with Crippen LogP contribution in [-0.2, 0) is 24.4 Å². The molecular weight excluding hydrogens is 527 g/mol. The summed E-state index contributed by atoms with van der Waals surface area (Å²) in [7, 11) is 1.72. The zero-order valence-electron chi connectivity index (χ0n) is 20.8. The van der Waals surface area contributed by atoms with Crippen LogP contribution >= 0.6 is 24.0 Å². The molecule has 2 unspecified atom stereocenters. The highest BCUT2D eigenvalue weighted by Gasteiger charge is 2.26. The van der Waals surface area contributed by atoms with Crippen molar-refractivity contribution in [2.45, 2.75) is 72.3 Å². The number of hydrogen-bond acceptors (Lipinski definition) is 4. The molecule has 1 aromatic carbocycles. The summed E-state index contributed by atoms with van der Waals surface area (Å²) in [6.07, 6.45) is 2.23. The molecule has 0 spiro atoms. The van der Waals surface area contributed by atoms with Gasteiger partial charge < -0.3 is 15.4 Å². The van der Waals surface area contributed by atoms with E-state index in [9.17, 15) is 0 Å². The lowest BCUT2D eigenvalue weighted by Crippen LogP contribution is -2.51. The Bertz CT molecular complexity index is 869. The van der Waals surface area contributed by atoms with Crippen molar-refractivity contribution >= 4 is 29.9 Å². The van der Waals surface area contributed by atoms with Crippen LogP contribution in [0.5, 0.6) is 0 Å². The standard InChI is InChI=1S/C25H40N6O.HI/c1-6-26-25(27-17-24-20(3)29-31(21(24)4)14-15-32-5)28-23-12-13-30(19(2)16-23)18-22-10-8-7-9-11-22;/h7-11,19,23H,6,12-18H2,1-5H3,(H2,26,27,28);1H. The number of aliphatic imine (C=N–C) groups is 1. The van der Waals surface area contributed by atoms with Gasteiger partial charge >= 0.3 is 0 Å². The van der Waals surface area contributed by atoms with Gasteiger partial charge in [-0.1, -0.05) is 30.3 Å². The first-order chi connectivity index (χ1) is 15.5. The van der Waals surface area contributed by atoms with E-state index in [1.807, 2.05) is 4.68 Å². The van der Waals surface area contributed by atoms with Crippen molar-refractivity contribution in [2.75, 3.05) is 26.8 Å². The van der Waals surface area contributed by atoms with E-state index in [1.54, 1.807) is 7.11 Å². The molecule has 0 aliphatic carbocycles. The maximum atomic E-state index is 5.20. The smallest absolute Gasteiger partial charge is 0.191 e. The second-order valence-electron chi connectivity index (χ2n) is 8.73. The highest BCUT2D eigenvalue weighted by atomic mass is 127. The third kappa shape index (κ3) is 7.96. The second kappa shape index (κ2) is 13.9. The van der Waals surface area contributed by atoms with Crippen LogP contribution in [0, 0.1) is 13.8 Å². The third-order valence-corrected chi connectivity index (χ3v) is 6.36. The molecule has 2 aromatic rings. The van der Waals surface area contributed by atoms with Crippen molar-refractivity contribution in [1.29, 1.82) is 0 Å². The summed E-state index contributed by atoms with van der Waals surface area (Å²) < 4.78 is 7.22. The molecule has 1 fully saturated rings. The summed E-state index contributed by atoms with van der Waals surface area (Å²) in [6.45, 7) is 13.6. The first kappa shape index (κ1) is 27.6. The molecule has 1 aromatic heterocycles. The van der Waals surface area contributed by atoms with Crippen LogP contribution in [0.15, 0.2) is 35.3 Å². The molecule has 1 aliphatic heterocycles. The highest BCUT2D eigenvalue weighted by Crippen LogP contribution is 2.20. The van der Waals surface area contributed by atoms with Crippen molar-refractivity contribution < 1.29 is 4.74 Å². The average Bonchev–Trinajstić information content (AvgIpc) is 3.06. The molecule has 0 bridgehead atoms. The maximum absolute atomic E-state index is 5.20. The van der Waals surface area contributed by atoms with E-state index in [4.69, 9.17) is 9.73 Å². The minimum absolute atomic E-state index is 0. The summed E-state index contributed by atoms with van der Waals surface area (Å²) in [4.78, 5) is 7.48. The molecule has 184 valence electrons. The van der Waals surface area contributed by atoms with Gasteiger partial charge in [0.1, 0.15) is 0 Å². The molecule has 0 saturated carbocycles. The van der Waals surface area contributed by atoms with E-state index < -0.39 is 0 Å². The van der Waals surface area contributed by atoms with Gasteiger partial charge in [0.15, 0.2) is 5.96 Å². The molecule has 3 rings (SSSR count). The van der Waals surface area contributed by atoms with Gasteiger partial charge in [-0.3, -0.25) is 9.58 Å². The van der Waals surface area contributed by atoms with Crippen LogP contribution in [0.25, 0.3) is 0 Å². The number of benzene rings is 1. The molecule has 1 saturated heterocycles. The summed E-state index contributed by atoms with van der Waals surface area (Å²) in [5, 5.41) is 11.8. The third-order valence-electron chi connectivity index (χ3n) is 6.36. The van der Waals surface area contributed by atoms with Crippen molar-refractivity contribution in [2.24, 2.45) is 4.99 Å². The number of likely N-dealkylation sites (tertiary alicyclic amines) is 1. The number of halogens is 1. The van der Waals surface area contributed by atoms with Gasteiger partial charge in [0.2, 0.25) is 0 Å². The molecule has 0 radical (unpaired) electrons. The summed E-state index contributed by atoms with van der Waals surface area (Å²) in [6, 6.07) is 11.7. The number of rotatable bonds is 9. The molecule has 2 atom stereocenters. The number of ether oxygens (including phenoxy) is 1. The van der Waals surface area contributed by atoms with Gasteiger partial charge in [0, 0.05) is 50.1 Å². The Morgan fingerprint density at radius 2 is 2.00 bits per heavy atom.